The van der Waals surface area contributed by atoms with Crippen LogP contribution >= 0.6 is 0 Å². The molecule has 0 aliphatic carbocycles. The van der Waals surface area contributed by atoms with Gasteiger partial charge in [-0.1, -0.05) is 12.1 Å². The van der Waals surface area contributed by atoms with E-state index in [2.05, 4.69) is 5.32 Å². The summed E-state index contributed by atoms with van der Waals surface area (Å²) in [7, 11) is 0. The molecule has 1 heterocycles. The van der Waals surface area contributed by atoms with E-state index in [9.17, 15) is 14.6 Å². The van der Waals surface area contributed by atoms with E-state index >= 15 is 0 Å². The van der Waals surface area contributed by atoms with E-state index in [4.69, 9.17) is 4.74 Å². The molecule has 1 fully saturated rings. The van der Waals surface area contributed by atoms with Crippen molar-refractivity contribution in [2.24, 2.45) is 0 Å². The second-order valence-electron chi connectivity index (χ2n) is 4.72. The summed E-state index contributed by atoms with van der Waals surface area (Å²) in [5, 5.41) is 22.8. The number of para-hydroxylation sites is 1. The minimum absolute atomic E-state index is 0.217. The third-order valence-corrected chi connectivity index (χ3v) is 3.48. The Balaban J connectivity index is 1.91. The smallest absolute Gasteiger partial charge is 0.165 e. The number of phenols is 1. The monoisotopic (exact) mass is 255 g/mol. The van der Waals surface area contributed by atoms with Crippen LogP contribution in [0, 0.1) is 5.82 Å². The first kappa shape index (κ1) is 13.3. The van der Waals surface area contributed by atoms with Crippen molar-refractivity contribution >= 4 is 0 Å². The molecule has 3 N–H and O–H groups in total. The van der Waals surface area contributed by atoms with Crippen molar-refractivity contribution in [3.63, 3.8) is 0 Å². The molecule has 2 unspecified atom stereocenters. The molecule has 5 heteroatoms. The van der Waals surface area contributed by atoms with Gasteiger partial charge in [0.15, 0.2) is 11.6 Å². The van der Waals surface area contributed by atoms with Crippen LogP contribution in [0.5, 0.6) is 5.75 Å². The van der Waals surface area contributed by atoms with Crippen molar-refractivity contribution in [3.8, 4) is 5.75 Å². The van der Waals surface area contributed by atoms with E-state index in [0.29, 0.717) is 31.7 Å². The lowest BCUT2D eigenvalue weighted by Gasteiger charge is -2.26. The topological polar surface area (TPSA) is 61.7 Å². The molecule has 0 saturated carbocycles. The zero-order chi connectivity index (χ0) is 13.2. The second kappa shape index (κ2) is 5.22. The standard InChI is InChI=1S/C13H18FNO3/c1-9-13(17,5-6-18-9)8-15-7-10-3-2-4-11(14)12(10)16/h2-4,9,15-17H,5-8H2,1H3. The molecular weight excluding hydrogens is 237 g/mol. The molecule has 1 aliphatic heterocycles. The van der Waals surface area contributed by atoms with Crippen molar-refractivity contribution in [2.75, 3.05) is 13.2 Å². The molecular formula is C13H18FNO3. The number of benzene rings is 1. The number of ether oxygens (including phenoxy) is 1. The minimum atomic E-state index is -0.886. The van der Waals surface area contributed by atoms with E-state index in [1.54, 1.807) is 12.1 Å². The average molecular weight is 255 g/mol. The molecule has 0 radical (unpaired) electrons. The molecule has 2 atom stereocenters. The maximum Gasteiger partial charge on any atom is 0.165 e. The van der Waals surface area contributed by atoms with Crippen molar-refractivity contribution in [2.45, 2.75) is 31.6 Å². The van der Waals surface area contributed by atoms with Crippen molar-refractivity contribution < 1.29 is 19.3 Å². The predicted octanol–water partition coefficient (Wildman–Crippen LogP) is 1.16. The van der Waals surface area contributed by atoms with E-state index in [0.717, 1.165) is 0 Å². The molecule has 1 aromatic carbocycles. The number of hydrogen-bond acceptors (Lipinski definition) is 4. The van der Waals surface area contributed by atoms with Crippen LogP contribution < -0.4 is 5.32 Å². The van der Waals surface area contributed by atoms with Gasteiger partial charge < -0.3 is 20.3 Å². The maximum absolute atomic E-state index is 13.1. The molecule has 0 aromatic heterocycles. The first-order chi connectivity index (χ1) is 8.53. The van der Waals surface area contributed by atoms with E-state index in [1.807, 2.05) is 6.92 Å². The van der Waals surface area contributed by atoms with Gasteiger partial charge >= 0.3 is 0 Å². The Bertz CT molecular complexity index is 427. The lowest BCUT2D eigenvalue weighted by atomic mass is 9.96. The van der Waals surface area contributed by atoms with Gasteiger partial charge in [0, 0.05) is 31.7 Å². The van der Waals surface area contributed by atoms with E-state index in [-0.39, 0.29) is 11.9 Å². The van der Waals surface area contributed by atoms with Crippen molar-refractivity contribution in [1.82, 2.24) is 5.32 Å². The summed E-state index contributed by atoms with van der Waals surface area (Å²) in [6.07, 6.45) is 0.363. The van der Waals surface area contributed by atoms with E-state index < -0.39 is 11.4 Å². The number of hydrogen-bond donors (Lipinski definition) is 3. The highest BCUT2D eigenvalue weighted by molar-refractivity contribution is 5.33. The highest BCUT2D eigenvalue weighted by Crippen LogP contribution is 2.25. The van der Waals surface area contributed by atoms with Gasteiger partial charge in [-0.25, -0.2) is 4.39 Å². The van der Waals surface area contributed by atoms with Crippen LogP contribution in [-0.2, 0) is 11.3 Å². The second-order valence-corrected chi connectivity index (χ2v) is 4.72. The third kappa shape index (κ3) is 2.63. The van der Waals surface area contributed by atoms with Gasteiger partial charge in [-0.15, -0.1) is 0 Å². The van der Waals surface area contributed by atoms with Gasteiger partial charge in [0.05, 0.1) is 6.10 Å². The largest absolute Gasteiger partial charge is 0.505 e. The van der Waals surface area contributed by atoms with Crippen LogP contribution in [0.3, 0.4) is 0 Å². The fraction of sp³-hybridized carbons (Fsp3) is 0.538. The summed E-state index contributed by atoms with van der Waals surface area (Å²) >= 11 is 0. The first-order valence-electron chi connectivity index (χ1n) is 6.04. The Labute approximate surface area is 105 Å². The van der Waals surface area contributed by atoms with Crippen LogP contribution in [0.2, 0.25) is 0 Å². The van der Waals surface area contributed by atoms with E-state index in [1.165, 1.54) is 6.07 Å². The average Bonchev–Trinajstić information content (AvgIpc) is 2.65. The van der Waals surface area contributed by atoms with Gasteiger partial charge in [0.25, 0.3) is 0 Å². The summed E-state index contributed by atoms with van der Waals surface area (Å²) in [4.78, 5) is 0. The lowest BCUT2D eigenvalue weighted by Crippen LogP contribution is -2.45. The van der Waals surface area contributed by atoms with Crippen LogP contribution in [0.25, 0.3) is 0 Å². The Kier molecular flexibility index (Phi) is 3.85. The van der Waals surface area contributed by atoms with Gasteiger partial charge in [0.2, 0.25) is 0 Å². The Morgan fingerprint density at radius 1 is 1.56 bits per heavy atom. The quantitative estimate of drug-likeness (QED) is 0.755. The molecule has 2 rings (SSSR count). The summed E-state index contributed by atoms with van der Waals surface area (Å²) in [5.74, 6) is -0.974. The third-order valence-electron chi connectivity index (χ3n) is 3.48. The van der Waals surface area contributed by atoms with Crippen molar-refractivity contribution in [1.29, 1.82) is 0 Å². The Morgan fingerprint density at radius 3 is 3.00 bits per heavy atom. The Morgan fingerprint density at radius 2 is 2.33 bits per heavy atom. The first-order valence-corrected chi connectivity index (χ1v) is 6.04. The van der Waals surface area contributed by atoms with Gasteiger partial charge in [-0.05, 0) is 13.0 Å². The van der Waals surface area contributed by atoms with Gasteiger partial charge in [-0.3, -0.25) is 0 Å². The summed E-state index contributed by atoms with van der Waals surface area (Å²) in [6.45, 7) is 3.03. The van der Waals surface area contributed by atoms with Gasteiger partial charge in [0.1, 0.15) is 5.60 Å². The highest BCUT2D eigenvalue weighted by Gasteiger charge is 2.38. The molecule has 0 amide bonds. The zero-order valence-corrected chi connectivity index (χ0v) is 10.3. The fourth-order valence-electron chi connectivity index (χ4n) is 2.12. The molecule has 100 valence electrons. The van der Waals surface area contributed by atoms with Crippen molar-refractivity contribution in [3.05, 3.63) is 29.6 Å². The van der Waals surface area contributed by atoms with Crippen LogP contribution in [0.15, 0.2) is 18.2 Å². The molecule has 1 aromatic rings. The summed E-state index contributed by atoms with van der Waals surface area (Å²) in [6, 6.07) is 4.39. The molecule has 1 aliphatic rings. The lowest BCUT2D eigenvalue weighted by molar-refractivity contribution is -0.0263. The molecule has 0 spiro atoms. The zero-order valence-electron chi connectivity index (χ0n) is 10.3. The van der Waals surface area contributed by atoms with Crippen LogP contribution in [0.4, 0.5) is 4.39 Å². The fourth-order valence-corrected chi connectivity index (χ4v) is 2.12. The molecule has 4 nitrogen and oxygen atoms in total. The molecule has 1 saturated heterocycles. The van der Waals surface area contributed by atoms with Crippen LogP contribution in [0.1, 0.15) is 18.9 Å². The predicted molar refractivity (Wildman–Crippen MR) is 64.8 cm³/mol. The number of phenolic OH excluding ortho intramolecular Hbond substituents is 1. The van der Waals surface area contributed by atoms with Crippen LogP contribution in [-0.4, -0.2) is 35.1 Å². The number of aromatic hydroxyl groups is 1. The molecule has 0 bridgehead atoms. The summed E-state index contributed by atoms with van der Waals surface area (Å²) in [5.41, 5.74) is -0.409. The minimum Gasteiger partial charge on any atom is -0.505 e. The highest BCUT2D eigenvalue weighted by atomic mass is 19.1. The SMILES string of the molecule is CC1OCCC1(O)CNCc1cccc(F)c1O. The summed E-state index contributed by atoms with van der Waals surface area (Å²) < 4.78 is 18.4. The number of rotatable bonds is 4. The van der Waals surface area contributed by atoms with Gasteiger partial charge in [-0.2, -0.15) is 0 Å². The number of halogens is 1. The normalized spacial score (nSPS) is 27.6. The maximum atomic E-state index is 13.1. The number of nitrogens with one attached hydrogen (secondary N) is 1. The molecule has 18 heavy (non-hydrogen) atoms. The Hall–Kier alpha value is -1.17. The number of aliphatic hydroxyl groups is 1.